The predicted molar refractivity (Wildman–Crippen MR) is 78.8 cm³/mol. The molecular weight excluding hydrogens is 272 g/mol. The zero-order valence-electron chi connectivity index (χ0n) is 11.1. The van der Waals surface area contributed by atoms with Crippen molar-refractivity contribution in [2.75, 3.05) is 6.54 Å². The van der Waals surface area contributed by atoms with Gasteiger partial charge in [0, 0.05) is 24.8 Å². The third-order valence-corrected chi connectivity index (χ3v) is 3.78. The van der Waals surface area contributed by atoms with Crippen molar-refractivity contribution in [1.29, 1.82) is 0 Å². The smallest absolute Gasteiger partial charge is 0.254 e. The molecule has 3 nitrogen and oxygen atoms in total. The summed E-state index contributed by atoms with van der Waals surface area (Å²) in [5, 5.41) is 0.463. The summed E-state index contributed by atoms with van der Waals surface area (Å²) in [6.45, 7) is 1.35. The minimum absolute atomic E-state index is 0.103. The third-order valence-electron chi connectivity index (χ3n) is 3.57. The van der Waals surface area contributed by atoms with Crippen LogP contribution >= 0.6 is 11.6 Å². The number of halogens is 1. The van der Waals surface area contributed by atoms with E-state index >= 15 is 0 Å². The SMILES string of the molecule is O=C1c2ccccc2CCCN1Cc1ccnc(Cl)c1. The average Bonchev–Trinajstić information content (AvgIpc) is 2.60. The highest BCUT2D eigenvalue weighted by atomic mass is 35.5. The standard InChI is InChI=1S/C16H15ClN2O/c17-15-10-12(7-8-18-15)11-19-9-3-5-13-4-1-2-6-14(13)16(19)20/h1-2,4,6-8,10H,3,5,9,11H2. The highest BCUT2D eigenvalue weighted by Gasteiger charge is 2.21. The van der Waals surface area contributed by atoms with E-state index in [1.54, 1.807) is 6.20 Å². The molecule has 1 aromatic heterocycles. The number of rotatable bonds is 2. The Kier molecular flexibility index (Phi) is 3.70. The molecule has 20 heavy (non-hydrogen) atoms. The molecule has 102 valence electrons. The molecule has 3 rings (SSSR count). The zero-order valence-corrected chi connectivity index (χ0v) is 11.8. The predicted octanol–water partition coefficient (Wildman–Crippen LogP) is 3.32. The zero-order chi connectivity index (χ0) is 13.9. The van der Waals surface area contributed by atoms with Gasteiger partial charge in [-0.2, -0.15) is 0 Å². The molecule has 1 aliphatic rings. The van der Waals surface area contributed by atoms with Crippen LogP contribution in [-0.4, -0.2) is 22.3 Å². The van der Waals surface area contributed by atoms with Gasteiger partial charge in [0.2, 0.25) is 0 Å². The number of aryl methyl sites for hydroxylation is 1. The van der Waals surface area contributed by atoms with Gasteiger partial charge in [-0.25, -0.2) is 4.98 Å². The molecule has 4 heteroatoms. The largest absolute Gasteiger partial charge is 0.334 e. The molecule has 0 fully saturated rings. The molecule has 1 amide bonds. The maximum Gasteiger partial charge on any atom is 0.254 e. The fourth-order valence-corrected chi connectivity index (χ4v) is 2.79. The molecule has 0 aliphatic carbocycles. The Hall–Kier alpha value is -1.87. The van der Waals surface area contributed by atoms with Gasteiger partial charge < -0.3 is 4.90 Å². The van der Waals surface area contributed by atoms with Crippen LogP contribution in [0.1, 0.15) is 27.9 Å². The van der Waals surface area contributed by atoms with Crippen LogP contribution in [0.15, 0.2) is 42.6 Å². The van der Waals surface area contributed by atoms with Crippen LogP contribution in [0.2, 0.25) is 5.15 Å². The normalized spacial score (nSPS) is 14.8. The Bertz CT molecular complexity index is 642. The lowest BCUT2D eigenvalue weighted by Gasteiger charge is -2.21. The van der Waals surface area contributed by atoms with Gasteiger partial charge in [-0.15, -0.1) is 0 Å². The van der Waals surface area contributed by atoms with E-state index in [1.807, 2.05) is 41.3 Å². The highest BCUT2D eigenvalue weighted by Crippen LogP contribution is 2.20. The van der Waals surface area contributed by atoms with Gasteiger partial charge in [-0.3, -0.25) is 4.79 Å². The average molecular weight is 287 g/mol. The van der Waals surface area contributed by atoms with Crippen LogP contribution < -0.4 is 0 Å². The molecule has 0 radical (unpaired) electrons. The Labute approximate surface area is 123 Å². The molecule has 0 atom stereocenters. The molecule has 0 N–H and O–H groups in total. The summed E-state index contributed by atoms with van der Waals surface area (Å²) in [5.41, 5.74) is 2.98. The van der Waals surface area contributed by atoms with E-state index in [0.29, 0.717) is 11.7 Å². The van der Waals surface area contributed by atoms with Crippen LogP contribution in [-0.2, 0) is 13.0 Å². The summed E-state index contributed by atoms with van der Waals surface area (Å²) in [4.78, 5) is 18.5. The second-order valence-corrected chi connectivity index (χ2v) is 5.36. The van der Waals surface area contributed by atoms with E-state index < -0.39 is 0 Å². The molecule has 0 saturated carbocycles. The third kappa shape index (κ3) is 2.68. The Morgan fingerprint density at radius 3 is 2.95 bits per heavy atom. The Balaban J connectivity index is 1.86. The molecule has 1 aliphatic heterocycles. The van der Waals surface area contributed by atoms with Crippen LogP contribution in [0.3, 0.4) is 0 Å². The number of carbonyl (C=O) groups is 1. The second-order valence-electron chi connectivity index (χ2n) is 4.97. The highest BCUT2D eigenvalue weighted by molar-refractivity contribution is 6.29. The molecule has 0 bridgehead atoms. The van der Waals surface area contributed by atoms with Gasteiger partial charge in [0.25, 0.3) is 5.91 Å². The number of hydrogen-bond donors (Lipinski definition) is 0. The van der Waals surface area contributed by atoms with Crippen LogP contribution in [0, 0.1) is 0 Å². The second kappa shape index (κ2) is 5.63. The molecule has 2 heterocycles. The maximum atomic E-state index is 12.6. The number of carbonyl (C=O) groups excluding carboxylic acids is 1. The van der Waals surface area contributed by atoms with E-state index in [4.69, 9.17) is 11.6 Å². The van der Waals surface area contributed by atoms with Crippen molar-refractivity contribution in [3.8, 4) is 0 Å². The van der Waals surface area contributed by atoms with E-state index in [2.05, 4.69) is 4.98 Å². The van der Waals surface area contributed by atoms with Gasteiger partial charge in [0.15, 0.2) is 0 Å². The van der Waals surface area contributed by atoms with Gasteiger partial charge in [0.05, 0.1) is 0 Å². The van der Waals surface area contributed by atoms with Crippen LogP contribution in [0.4, 0.5) is 0 Å². The number of pyridine rings is 1. The van der Waals surface area contributed by atoms with E-state index in [-0.39, 0.29) is 5.91 Å². The number of aromatic nitrogens is 1. The summed E-state index contributed by atoms with van der Waals surface area (Å²) in [6.07, 6.45) is 3.62. The van der Waals surface area contributed by atoms with Crippen molar-refractivity contribution in [3.05, 3.63) is 64.4 Å². The lowest BCUT2D eigenvalue weighted by Crippen LogP contribution is -2.30. The van der Waals surface area contributed by atoms with E-state index in [1.165, 1.54) is 0 Å². The van der Waals surface area contributed by atoms with Gasteiger partial charge in [-0.05, 0) is 42.2 Å². The number of benzene rings is 1. The van der Waals surface area contributed by atoms with Gasteiger partial charge in [-0.1, -0.05) is 29.8 Å². The first-order chi connectivity index (χ1) is 9.74. The molecule has 2 aromatic rings. The Morgan fingerprint density at radius 1 is 1.25 bits per heavy atom. The lowest BCUT2D eigenvalue weighted by atomic mass is 10.0. The molecular formula is C16H15ClN2O. The number of nitrogens with zero attached hydrogens (tertiary/aromatic N) is 2. The van der Waals surface area contributed by atoms with Crippen molar-refractivity contribution >= 4 is 17.5 Å². The fourth-order valence-electron chi connectivity index (χ4n) is 2.59. The van der Waals surface area contributed by atoms with Crippen molar-refractivity contribution < 1.29 is 4.79 Å². The number of amides is 1. The van der Waals surface area contributed by atoms with Crippen LogP contribution in [0.5, 0.6) is 0 Å². The van der Waals surface area contributed by atoms with E-state index in [0.717, 1.165) is 36.1 Å². The molecule has 1 aromatic carbocycles. The van der Waals surface area contributed by atoms with Gasteiger partial charge >= 0.3 is 0 Å². The van der Waals surface area contributed by atoms with Crippen molar-refractivity contribution in [3.63, 3.8) is 0 Å². The number of fused-ring (bicyclic) bond motifs is 1. The summed E-state index contributed by atoms with van der Waals surface area (Å²) >= 11 is 5.90. The van der Waals surface area contributed by atoms with E-state index in [9.17, 15) is 4.79 Å². The minimum atomic E-state index is 0.103. The van der Waals surface area contributed by atoms with Crippen molar-refractivity contribution in [2.45, 2.75) is 19.4 Å². The minimum Gasteiger partial charge on any atom is -0.334 e. The van der Waals surface area contributed by atoms with Crippen LogP contribution in [0.25, 0.3) is 0 Å². The first-order valence-electron chi connectivity index (χ1n) is 6.71. The monoisotopic (exact) mass is 286 g/mol. The summed E-state index contributed by atoms with van der Waals surface area (Å²) < 4.78 is 0. The first kappa shape index (κ1) is 13.1. The summed E-state index contributed by atoms with van der Waals surface area (Å²) in [5.74, 6) is 0.103. The fraction of sp³-hybridized carbons (Fsp3) is 0.250. The summed E-state index contributed by atoms with van der Waals surface area (Å²) in [7, 11) is 0. The number of hydrogen-bond acceptors (Lipinski definition) is 2. The molecule has 0 spiro atoms. The van der Waals surface area contributed by atoms with Crippen molar-refractivity contribution in [1.82, 2.24) is 9.88 Å². The quantitative estimate of drug-likeness (QED) is 0.794. The van der Waals surface area contributed by atoms with Crippen molar-refractivity contribution in [2.24, 2.45) is 0 Å². The molecule has 0 unspecified atom stereocenters. The molecule has 0 saturated heterocycles. The lowest BCUT2D eigenvalue weighted by molar-refractivity contribution is 0.0749. The Morgan fingerprint density at radius 2 is 2.10 bits per heavy atom. The summed E-state index contributed by atoms with van der Waals surface area (Å²) in [6, 6.07) is 11.6. The van der Waals surface area contributed by atoms with Gasteiger partial charge in [0.1, 0.15) is 5.15 Å². The first-order valence-corrected chi connectivity index (χ1v) is 7.09. The topological polar surface area (TPSA) is 33.2 Å². The maximum absolute atomic E-state index is 12.6.